The average molecular weight is 276 g/mol. The molecule has 4 nitrogen and oxygen atoms in total. The lowest BCUT2D eigenvalue weighted by atomic mass is 10.2. The van der Waals surface area contributed by atoms with Crippen molar-refractivity contribution in [3.8, 4) is 0 Å². The van der Waals surface area contributed by atoms with E-state index in [9.17, 15) is 0 Å². The van der Waals surface area contributed by atoms with Crippen molar-refractivity contribution in [3.63, 3.8) is 0 Å². The number of rotatable bonds is 2. The fourth-order valence-corrected chi connectivity index (χ4v) is 3.36. The molecule has 0 amide bonds. The molecule has 0 aromatic carbocycles. The summed E-state index contributed by atoms with van der Waals surface area (Å²) in [5.74, 6) is 3.60. The van der Waals surface area contributed by atoms with Gasteiger partial charge >= 0.3 is 0 Å². The lowest BCUT2D eigenvalue weighted by Crippen LogP contribution is -2.34. The first-order chi connectivity index (χ1) is 9.20. The Kier molecular flexibility index (Phi) is 3.39. The molecule has 19 heavy (non-hydrogen) atoms. The first kappa shape index (κ1) is 12.8. The van der Waals surface area contributed by atoms with Crippen LogP contribution in [0.3, 0.4) is 0 Å². The Morgan fingerprint density at radius 1 is 1.26 bits per heavy atom. The van der Waals surface area contributed by atoms with Gasteiger partial charge in [0.15, 0.2) is 5.65 Å². The lowest BCUT2D eigenvalue weighted by Gasteiger charge is -2.28. The molecule has 0 spiro atoms. The molecule has 0 radical (unpaired) electrons. The minimum Gasteiger partial charge on any atom is -0.355 e. The van der Waals surface area contributed by atoms with E-state index in [0.29, 0.717) is 0 Å². The van der Waals surface area contributed by atoms with Crippen molar-refractivity contribution in [2.24, 2.45) is 0 Å². The van der Waals surface area contributed by atoms with Gasteiger partial charge in [-0.15, -0.1) is 0 Å². The standard InChI is InChI=1S/C14H20N4S/c1-4-12-9-13(17-5-7-19-8-6-17)18-14(15-12)10(2)11(3)16-18/h9H,4-8H2,1-3H3. The molecule has 102 valence electrons. The van der Waals surface area contributed by atoms with Crippen molar-refractivity contribution in [3.05, 3.63) is 23.0 Å². The summed E-state index contributed by atoms with van der Waals surface area (Å²) >= 11 is 2.03. The molecule has 0 saturated carbocycles. The minimum absolute atomic E-state index is 0.968. The summed E-state index contributed by atoms with van der Waals surface area (Å²) in [4.78, 5) is 7.18. The van der Waals surface area contributed by atoms with Crippen LogP contribution in [0.15, 0.2) is 6.07 Å². The Bertz CT molecular complexity index is 599. The number of aromatic nitrogens is 3. The van der Waals surface area contributed by atoms with Crippen molar-refractivity contribution in [2.45, 2.75) is 27.2 Å². The third-order valence-electron chi connectivity index (χ3n) is 3.79. The lowest BCUT2D eigenvalue weighted by molar-refractivity contribution is 0.785. The van der Waals surface area contributed by atoms with Gasteiger partial charge in [-0.25, -0.2) is 4.98 Å². The number of fused-ring (bicyclic) bond motifs is 1. The predicted molar refractivity (Wildman–Crippen MR) is 81.4 cm³/mol. The Hall–Kier alpha value is -1.23. The van der Waals surface area contributed by atoms with Gasteiger partial charge in [0.05, 0.1) is 5.69 Å². The van der Waals surface area contributed by atoms with Gasteiger partial charge in [0.2, 0.25) is 0 Å². The number of thioether (sulfide) groups is 1. The van der Waals surface area contributed by atoms with Crippen LogP contribution in [0.4, 0.5) is 5.82 Å². The van der Waals surface area contributed by atoms with Crippen LogP contribution >= 0.6 is 11.8 Å². The molecule has 0 bridgehead atoms. The molecule has 2 aromatic heterocycles. The van der Waals surface area contributed by atoms with E-state index in [1.807, 2.05) is 16.3 Å². The fraction of sp³-hybridized carbons (Fsp3) is 0.571. The largest absolute Gasteiger partial charge is 0.355 e. The van der Waals surface area contributed by atoms with Crippen LogP contribution < -0.4 is 4.90 Å². The van der Waals surface area contributed by atoms with E-state index in [1.165, 1.54) is 22.9 Å². The molecule has 5 heteroatoms. The second-order valence-corrected chi connectivity index (χ2v) is 6.23. The summed E-state index contributed by atoms with van der Waals surface area (Å²) in [6.07, 6.45) is 0.968. The third kappa shape index (κ3) is 2.20. The zero-order valence-corrected chi connectivity index (χ0v) is 12.6. The minimum atomic E-state index is 0.968. The molecule has 3 heterocycles. The Balaban J connectivity index is 2.17. The SMILES string of the molecule is CCc1cc(N2CCSCC2)n2nc(C)c(C)c2n1. The van der Waals surface area contributed by atoms with Crippen LogP contribution in [-0.4, -0.2) is 39.2 Å². The van der Waals surface area contributed by atoms with E-state index in [4.69, 9.17) is 4.98 Å². The number of anilines is 1. The second-order valence-electron chi connectivity index (χ2n) is 5.00. The van der Waals surface area contributed by atoms with E-state index >= 15 is 0 Å². The Labute approximate surface area is 118 Å². The number of nitrogens with zero attached hydrogens (tertiary/aromatic N) is 4. The molecule has 0 unspecified atom stereocenters. The maximum atomic E-state index is 4.74. The van der Waals surface area contributed by atoms with Gasteiger partial charge in [-0.3, -0.25) is 0 Å². The zero-order valence-electron chi connectivity index (χ0n) is 11.8. The van der Waals surface area contributed by atoms with Gasteiger partial charge in [0.1, 0.15) is 5.82 Å². The third-order valence-corrected chi connectivity index (χ3v) is 4.73. The van der Waals surface area contributed by atoms with Gasteiger partial charge in [-0.2, -0.15) is 21.4 Å². The molecule has 1 aliphatic heterocycles. The number of hydrogen-bond acceptors (Lipinski definition) is 4. The molecular weight excluding hydrogens is 256 g/mol. The van der Waals surface area contributed by atoms with Crippen molar-refractivity contribution < 1.29 is 0 Å². The average Bonchev–Trinajstić information content (AvgIpc) is 2.74. The summed E-state index contributed by atoms with van der Waals surface area (Å²) in [6.45, 7) is 8.54. The molecule has 1 aliphatic rings. The highest BCUT2D eigenvalue weighted by atomic mass is 32.2. The summed E-state index contributed by atoms with van der Waals surface area (Å²) in [6, 6.07) is 2.20. The second kappa shape index (κ2) is 5.04. The molecule has 0 N–H and O–H groups in total. The van der Waals surface area contributed by atoms with Crippen LogP contribution in [-0.2, 0) is 6.42 Å². The number of hydrogen-bond donors (Lipinski definition) is 0. The Morgan fingerprint density at radius 3 is 2.68 bits per heavy atom. The highest BCUT2D eigenvalue weighted by Crippen LogP contribution is 2.24. The van der Waals surface area contributed by atoms with Crippen LogP contribution in [0.1, 0.15) is 23.9 Å². The van der Waals surface area contributed by atoms with E-state index in [2.05, 4.69) is 36.8 Å². The molecular formula is C14H20N4S. The summed E-state index contributed by atoms with van der Waals surface area (Å²) in [5, 5.41) is 4.67. The molecule has 1 saturated heterocycles. The zero-order chi connectivity index (χ0) is 13.4. The van der Waals surface area contributed by atoms with E-state index in [-0.39, 0.29) is 0 Å². The monoisotopic (exact) mass is 276 g/mol. The quantitative estimate of drug-likeness (QED) is 0.843. The van der Waals surface area contributed by atoms with Crippen LogP contribution in [0.2, 0.25) is 0 Å². The van der Waals surface area contributed by atoms with Crippen LogP contribution in [0.5, 0.6) is 0 Å². The summed E-state index contributed by atoms with van der Waals surface area (Å²) in [5.41, 5.74) is 4.45. The molecule has 0 aliphatic carbocycles. The van der Waals surface area contributed by atoms with Crippen molar-refractivity contribution in [2.75, 3.05) is 29.5 Å². The molecule has 1 fully saturated rings. The molecule has 0 atom stereocenters. The van der Waals surface area contributed by atoms with E-state index in [1.54, 1.807) is 0 Å². The maximum absolute atomic E-state index is 4.74. The maximum Gasteiger partial charge on any atom is 0.160 e. The summed E-state index contributed by atoms with van der Waals surface area (Å²) < 4.78 is 2.03. The van der Waals surface area contributed by atoms with Gasteiger partial charge in [-0.1, -0.05) is 6.92 Å². The smallest absolute Gasteiger partial charge is 0.160 e. The first-order valence-electron chi connectivity index (χ1n) is 6.89. The van der Waals surface area contributed by atoms with Crippen LogP contribution in [0.25, 0.3) is 5.65 Å². The van der Waals surface area contributed by atoms with Crippen LogP contribution in [0, 0.1) is 13.8 Å². The van der Waals surface area contributed by atoms with Crippen molar-refractivity contribution in [1.29, 1.82) is 0 Å². The normalized spacial score (nSPS) is 16.3. The topological polar surface area (TPSA) is 33.4 Å². The molecule has 3 rings (SSSR count). The fourth-order valence-electron chi connectivity index (χ4n) is 2.46. The van der Waals surface area contributed by atoms with Gasteiger partial charge in [0, 0.05) is 41.9 Å². The van der Waals surface area contributed by atoms with Gasteiger partial charge in [0.25, 0.3) is 0 Å². The summed E-state index contributed by atoms with van der Waals surface area (Å²) in [7, 11) is 0. The van der Waals surface area contributed by atoms with E-state index in [0.717, 1.165) is 36.5 Å². The number of aryl methyl sites for hydroxylation is 3. The first-order valence-corrected chi connectivity index (χ1v) is 8.04. The van der Waals surface area contributed by atoms with Crippen molar-refractivity contribution >= 4 is 23.2 Å². The predicted octanol–water partition coefficient (Wildman–Crippen LogP) is 2.46. The van der Waals surface area contributed by atoms with Gasteiger partial charge in [-0.05, 0) is 20.3 Å². The Morgan fingerprint density at radius 2 is 2.00 bits per heavy atom. The van der Waals surface area contributed by atoms with Gasteiger partial charge < -0.3 is 4.90 Å². The highest BCUT2D eigenvalue weighted by molar-refractivity contribution is 7.99. The highest BCUT2D eigenvalue weighted by Gasteiger charge is 2.18. The van der Waals surface area contributed by atoms with Crippen molar-refractivity contribution in [1.82, 2.24) is 14.6 Å². The molecule has 2 aromatic rings. The van der Waals surface area contributed by atoms with E-state index < -0.39 is 0 Å².